The monoisotopic (exact) mass is 250 g/mol. The summed E-state index contributed by atoms with van der Waals surface area (Å²) in [4.78, 5) is 14.6. The Kier molecular flexibility index (Phi) is 2.70. The lowest BCUT2D eigenvalue weighted by molar-refractivity contribution is -0.0440. The van der Waals surface area contributed by atoms with Gasteiger partial charge in [-0.1, -0.05) is 12.1 Å². The van der Waals surface area contributed by atoms with E-state index < -0.39 is 18.4 Å². The van der Waals surface area contributed by atoms with Gasteiger partial charge in [-0.15, -0.1) is 0 Å². The molecule has 96 valence electrons. The van der Waals surface area contributed by atoms with Gasteiger partial charge in [0.25, 0.3) is 0 Å². The highest BCUT2D eigenvalue weighted by atomic mass is 16.5. The average Bonchev–Trinajstić information content (AvgIpc) is 2.88. The number of ether oxygens (including phenoxy) is 1. The molecular formula is C12H14N2O4. The number of imidazole rings is 1. The van der Waals surface area contributed by atoms with Crippen LogP contribution in [-0.2, 0) is 4.74 Å². The lowest BCUT2D eigenvalue weighted by Gasteiger charge is -2.13. The smallest absolute Gasteiger partial charge is 0.328 e. The van der Waals surface area contributed by atoms with Crippen molar-refractivity contribution >= 4 is 11.0 Å². The van der Waals surface area contributed by atoms with Crippen LogP contribution in [0.4, 0.5) is 0 Å². The molecule has 2 aromatic rings. The Hall–Kier alpha value is -1.63. The van der Waals surface area contributed by atoms with E-state index in [1.165, 1.54) is 4.57 Å². The first-order valence-corrected chi connectivity index (χ1v) is 5.84. The second kappa shape index (κ2) is 4.24. The minimum atomic E-state index is -0.749. The summed E-state index contributed by atoms with van der Waals surface area (Å²) in [5, 5.41) is 18.8. The molecule has 1 aliphatic heterocycles. The number of H-pyrrole nitrogens is 1. The van der Waals surface area contributed by atoms with Gasteiger partial charge in [-0.2, -0.15) is 0 Å². The van der Waals surface area contributed by atoms with E-state index in [0.29, 0.717) is 6.42 Å². The van der Waals surface area contributed by atoms with Crippen molar-refractivity contribution in [2.24, 2.45) is 0 Å². The van der Waals surface area contributed by atoms with Crippen molar-refractivity contribution in [3.8, 4) is 0 Å². The second-order valence-corrected chi connectivity index (χ2v) is 4.43. The summed E-state index contributed by atoms with van der Waals surface area (Å²) in [6.45, 7) is -0.255. The number of aliphatic hydroxyl groups excluding tert-OH is 2. The first-order valence-electron chi connectivity index (χ1n) is 5.84. The van der Waals surface area contributed by atoms with E-state index in [-0.39, 0.29) is 12.3 Å². The minimum absolute atomic E-state index is 0.255. The predicted octanol–water partition coefficient (Wildman–Crippen LogP) is -0.0297. The van der Waals surface area contributed by atoms with Gasteiger partial charge in [0.1, 0.15) is 12.3 Å². The van der Waals surface area contributed by atoms with Crippen molar-refractivity contribution in [2.45, 2.75) is 24.9 Å². The number of aliphatic hydroxyl groups is 2. The van der Waals surface area contributed by atoms with Crippen molar-refractivity contribution in [3.63, 3.8) is 0 Å². The Bertz CT molecular complexity index is 618. The molecule has 0 amide bonds. The largest absolute Gasteiger partial charge is 0.394 e. The quantitative estimate of drug-likeness (QED) is 0.698. The summed E-state index contributed by atoms with van der Waals surface area (Å²) in [7, 11) is 0. The summed E-state index contributed by atoms with van der Waals surface area (Å²) in [5.41, 5.74) is 1.19. The molecule has 0 radical (unpaired) electrons. The van der Waals surface area contributed by atoms with Crippen molar-refractivity contribution in [3.05, 3.63) is 34.7 Å². The number of aromatic amines is 1. The molecule has 0 unspecified atom stereocenters. The molecule has 0 saturated carbocycles. The van der Waals surface area contributed by atoms with Gasteiger partial charge >= 0.3 is 5.69 Å². The molecule has 6 nitrogen and oxygen atoms in total. The van der Waals surface area contributed by atoms with Gasteiger partial charge in [-0.3, -0.25) is 4.57 Å². The fourth-order valence-electron chi connectivity index (χ4n) is 2.40. The number of hydrogen-bond acceptors (Lipinski definition) is 4. The number of para-hydroxylation sites is 2. The Labute approximate surface area is 102 Å². The normalized spacial score (nSPS) is 28.0. The summed E-state index contributed by atoms with van der Waals surface area (Å²) < 4.78 is 6.98. The first-order chi connectivity index (χ1) is 8.70. The van der Waals surface area contributed by atoms with Crippen LogP contribution < -0.4 is 5.69 Å². The van der Waals surface area contributed by atoms with E-state index >= 15 is 0 Å². The molecule has 1 aromatic carbocycles. The van der Waals surface area contributed by atoms with E-state index in [1.54, 1.807) is 0 Å². The molecule has 1 saturated heterocycles. The van der Waals surface area contributed by atoms with Crippen LogP contribution in [0, 0.1) is 0 Å². The zero-order valence-corrected chi connectivity index (χ0v) is 9.61. The number of fused-ring (bicyclic) bond motifs is 1. The molecule has 3 atom stereocenters. The van der Waals surface area contributed by atoms with Gasteiger partial charge in [0.2, 0.25) is 0 Å². The summed E-state index contributed by atoms with van der Waals surface area (Å²) >= 11 is 0. The van der Waals surface area contributed by atoms with Gasteiger partial charge in [0, 0.05) is 6.42 Å². The topological polar surface area (TPSA) is 87.5 Å². The van der Waals surface area contributed by atoms with Crippen molar-refractivity contribution < 1.29 is 14.9 Å². The van der Waals surface area contributed by atoms with Gasteiger partial charge < -0.3 is 19.9 Å². The molecular weight excluding hydrogens is 236 g/mol. The highest BCUT2D eigenvalue weighted by Crippen LogP contribution is 2.29. The standard InChI is InChI=1S/C12H14N2O4/c15-6-10-9(16)5-11(18-10)14-8-4-2-1-3-7(8)13-12(14)17/h1-4,9-11,15-16H,5-6H2,(H,13,17)/t9-,10+,11+/m0/s1. The number of rotatable bonds is 2. The molecule has 1 fully saturated rings. The first kappa shape index (κ1) is 11.5. The maximum absolute atomic E-state index is 11.9. The summed E-state index contributed by atoms with van der Waals surface area (Å²) in [6.07, 6.45) is -1.62. The van der Waals surface area contributed by atoms with E-state index in [1.807, 2.05) is 24.3 Å². The second-order valence-electron chi connectivity index (χ2n) is 4.43. The van der Waals surface area contributed by atoms with E-state index in [9.17, 15) is 9.90 Å². The van der Waals surface area contributed by atoms with Gasteiger partial charge in [-0.25, -0.2) is 4.79 Å². The number of hydrogen-bond donors (Lipinski definition) is 3. The highest BCUT2D eigenvalue weighted by Gasteiger charge is 2.35. The van der Waals surface area contributed by atoms with Crippen molar-refractivity contribution in [1.29, 1.82) is 0 Å². The zero-order valence-electron chi connectivity index (χ0n) is 9.61. The van der Waals surface area contributed by atoms with Crippen LogP contribution in [0.2, 0.25) is 0 Å². The minimum Gasteiger partial charge on any atom is -0.394 e. The maximum atomic E-state index is 11.9. The molecule has 18 heavy (non-hydrogen) atoms. The fraction of sp³-hybridized carbons (Fsp3) is 0.417. The van der Waals surface area contributed by atoms with E-state index in [2.05, 4.69) is 4.98 Å². The molecule has 6 heteroatoms. The number of aromatic nitrogens is 2. The van der Waals surface area contributed by atoms with Crippen molar-refractivity contribution in [1.82, 2.24) is 9.55 Å². The van der Waals surface area contributed by atoms with Crippen LogP contribution in [-0.4, -0.2) is 38.6 Å². The van der Waals surface area contributed by atoms with Crippen LogP contribution in [0.5, 0.6) is 0 Å². The molecule has 0 bridgehead atoms. The zero-order chi connectivity index (χ0) is 12.7. The summed E-state index contributed by atoms with van der Waals surface area (Å²) in [6, 6.07) is 7.29. The third kappa shape index (κ3) is 1.66. The predicted molar refractivity (Wildman–Crippen MR) is 64.2 cm³/mol. The molecule has 0 spiro atoms. The Morgan fingerprint density at radius 2 is 2.22 bits per heavy atom. The van der Waals surface area contributed by atoms with E-state index in [4.69, 9.17) is 9.84 Å². The fourth-order valence-corrected chi connectivity index (χ4v) is 2.40. The Morgan fingerprint density at radius 1 is 1.44 bits per heavy atom. The molecule has 0 aliphatic carbocycles. The number of benzene rings is 1. The van der Waals surface area contributed by atoms with Crippen molar-refractivity contribution in [2.75, 3.05) is 6.61 Å². The molecule has 1 aromatic heterocycles. The van der Waals surface area contributed by atoms with Gasteiger partial charge in [-0.05, 0) is 12.1 Å². The van der Waals surface area contributed by atoms with Crippen LogP contribution >= 0.6 is 0 Å². The maximum Gasteiger partial charge on any atom is 0.328 e. The number of nitrogens with zero attached hydrogens (tertiary/aromatic N) is 1. The molecule has 2 heterocycles. The van der Waals surface area contributed by atoms with Crippen LogP contribution in [0.3, 0.4) is 0 Å². The lowest BCUT2D eigenvalue weighted by Crippen LogP contribution is -2.25. The summed E-state index contributed by atoms with van der Waals surface area (Å²) in [5.74, 6) is 0. The number of nitrogens with one attached hydrogen (secondary N) is 1. The molecule has 3 rings (SSSR count). The average molecular weight is 250 g/mol. The highest BCUT2D eigenvalue weighted by molar-refractivity contribution is 5.75. The third-order valence-corrected chi connectivity index (χ3v) is 3.30. The van der Waals surface area contributed by atoms with Crippen LogP contribution in [0.15, 0.2) is 29.1 Å². The van der Waals surface area contributed by atoms with E-state index in [0.717, 1.165) is 11.0 Å². The van der Waals surface area contributed by atoms with Crippen LogP contribution in [0.1, 0.15) is 12.6 Å². The van der Waals surface area contributed by atoms with Crippen LogP contribution in [0.25, 0.3) is 11.0 Å². The molecule has 3 N–H and O–H groups in total. The Balaban J connectivity index is 2.05. The van der Waals surface area contributed by atoms with Gasteiger partial charge in [0.05, 0.1) is 23.7 Å². The third-order valence-electron chi connectivity index (χ3n) is 3.30. The molecule has 1 aliphatic rings. The van der Waals surface area contributed by atoms with Gasteiger partial charge in [0.15, 0.2) is 0 Å². The SMILES string of the molecule is O=c1[nH]c2ccccc2n1[C@H]1C[C@H](O)[C@@H](CO)O1. The Morgan fingerprint density at radius 3 is 2.94 bits per heavy atom. The lowest BCUT2D eigenvalue weighted by atomic mass is 10.2.